The molecule has 3 rings (SSSR count). The number of azide groups is 1. The van der Waals surface area contributed by atoms with Gasteiger partial charge < -0.3 is 25.7 Å². The fourth-order valence-electron chi connectivity index (χ4n) is 4.64. The number of nitrogens with zero attached hydrogens (tertiary/aromatic N) is 4. The minimum Gasteiger partial charge on any atom is -0.395 e. The monoisotopic (exact) mass is 504 g/mol. The molecule has 3 atom stereocenters. The summed E-state index contributed by atoms with van der Waals surface area (Å²) in [5.74, 6) is -0.980. The average molecular weight is 505 g/mol. The number of carbonyl (C=O) groups excluding carboxylic acids is 1. The van der Waals surface area contributed by atoms with Gasteiger partial charge in [-0.3, -0.25) is 4.98 Å². The van der Waals surface area contributed by atoms with Crippen molar-refractivity contribution in [3.63, 3.8) is 0 Å². The molecule has 0 aliphatic carbocycles. The Balaban J connectivity index is 1.97. The highest BCUT2D eigenvalue weighted by Gasteiger charge is 2.44. The normalized spacial score (nSPS) is 17.6. The number of nitrogens with two attached hydrogens (primary N) is 1. The first-order chi connectivity index (χ1) is 16.9. The fraction of sp³-hybridized carbons (Fsp3) is 0.500. The number of benzene rings is 1. The summed E-state index contributed by atoms with van der Waals surface area (Å²) in [6, 6.07) is 6.65. The van der Waals surface area contributed by atoms with E-state index < -0.39 is 23.3 Å². The molecule has 0 saturated carbocycles. The van der Waals surface area contributed by atoms with Crippen LogP contribution in [0.25, 0.3) is 10.4 Å². The van der Waals surface area contributed by atoms with Crippen LogP contribution in [0.3, 0.4) is 0 Å². The zero-order valence-electron chi connectivity index (χ0n) is 19.3. The number of aromatic nitrogens is 1. The zero-order valence-corrected chi connectivity index (χ0v) is 20.1. The lowest BCUT2D eigenvalue weighted by molar-refractivity contribution is -0.113. The van der Waals surface area contributed by atoms with Crippen molar-refractivity contribution in [3.8, 4) is 0 Å². The standard InChI is InChI=1S/C24H30ClFN6O3/c25-18-3-1-16(2-4-18)23(17-7-9-35-10-8-17)24(15-34,31-32-28)14-30-22-12-29-11-21(26)20(22)6-5-19(27)13-33/h1-4,11-12,15,17,19,23,30,33H,5-10,13-14,27H2/t19-,23-,24+/m0/s1. The maximum Gasteiger partial charge on any atom is 0.146 e. The van der Waals surface area contributed by atoms with Crippen molar-refractivity contribution >= 4 is 23.6 Å². The van der Waals surface area contributed by atoms with Gasteiger partial charge in [0.25, 0.3) is 0 Å². The third-order valence-electron chi connectivity index (χ3n) is 6.51. The highest BCUT2D eigenvalue weighted by Crippen LogP contribution is 2.42. The summed E-state index contributed by atoms with van der Waals surface area (Å²) in [5.41, 5.74) is 15.3. The number of aliphatic hydroxyl groups excluding tert-OH is 1. The predicted molar refractivity (Wildman–Crippen MR) is 132 cm³/mol. The molecule has 2 heterocycles. The Hall–Kier alpha value is -2.75. The third-order valence-corrected chi connectivity index (χ3v) is 6.76. The Kier molecular flexibility index (Phi) is 9.83. The van der Waals surface area contributed by atoms with E-state index in [0.717, 1.165) is 11.8 Å². The van der Waals surface area contributed by atoms with Gasteiger partial charge in [0.1, 0.15) is 17.6 Å². The largest absolute Gasteiger partial charge is 0.395 e. The van der Waals surface area contributed by atoms with Gasteiger partial charge in [0, 0.05) is 47.2 Å². The molecule has 1 aliphatic rings. The molecule has 1 saturated heterocycles. The zero-order chi connectivity index (χ0) is 25.3. The van der Waals surface area contributed by atoms with Crippen molar-refractivity contribution < 1.29 is 19.0 Å². The molecule has 1 fully saturated rings. The van der Waals surface area contributed by atoms with E-state index >= 15 is 0 Å². The third kappa shape index (κ3) is 6.68. The van der Waals surface area contributed by atoms with E-state index in [1.807, 2.05) is 12.1 Å². The van der Waals surface area contributed by atoms with Gasteiger partial charge in [-0.2, -0.15) is 0 Å². The molecule has 1 aromatic heterocycles. The lowest BCUT2D eigenvalue weighted by atomic mass is 9.70. The van der Waals surface area contributed by atoms with Crippen LogP contribution >= 0.6 is 11.6 Å². The Labute approximate surface area is 208 Å². The van der Waals surface area contributed by atoms with Crippen molar-refractivity contribution in [2.24, 2.45) is 16.8 Å². The molecule has 0 radical (unpaired) electrons. The van der Waals surface area contributed by atoms with Gasteiger partial charge in [-0.25, -0.2) is 4.39 Å². The number of aliphatic hydroxyl groups is 1. The minimum atomic E-state index is -1.50. The van der Waals surface area contributed by atoms with Crippen LogP contribution in [0.5, 0.6) is 0 Å². The molecular formula is C24H30ClFN6O3. The summed E-state index contributed by atoms with van der Waals surface area (Å²) >= 11 is 6.10. The molecule has 9 nitrogen and oxygen atoms in total. The topological polar surface area (TPSA) is 146 Å². The first-order valence-electron chi connectivity index (χ1n) is 11.5. The van der Waals surface area contributed by atoms with Crippen molar-refractivity contribution in [2.45, 2.75) is 43.2 Å². The number of aldehydes is 1. The molecule has 11 heteroatoms. The van der Waals surface area contributed by atoms with Crippen molar-refractivity contribution in [2.75, 3.05) is 31.7 Å². The quantitative estimate of drug-likeness (QED) is 0.172. The van der Waals surface area contributed by atoms with Gasteiger partial charge >= 0.3 is 0 Å². The number of hydrogen-bond donors (Lipinski definition) is 3. The number of hydrogen-bond acceptors (Lipinski definition) is 7. The number of carbonyl (C=O) groups is 1. The molecule has 1 aromatic carbocycles. The number of halogens is 2. The van der Waals surface area contributed by atoms with Gasteiger partial charge in [-0.05, 0) is 54.8 Å². The van der Waals surface area contributed by atoms with Crippen LogP contribution in [-0.2, 0) is 16.0 Å². The highest BCUT2D eigenvalue weighted by molar-refractivity contribution is 6.30. The molecule has 0 amide bonds. The second-order valence-corrected chi connectivity index (χ2v) is 9.20. The van der Waals surface area contributed by atoms with Gasteiger partial charge in [0.15, 0.2) is 0 Å². The molecule has 0 unspecified atom stereocenters. The Morgan fingerprint density at radius 1 is 1.37 bits per heavy atom. The fourth-order valence-corrected chi connectivity index (χ4v) is 4.77. The summed E-state index contributed by atoms with van der Waals surface area (Å²) < 4.78 is 20.1. The van der Waals surface area contributed by atoms with Crippen LogP contribution in [0.4, 0.5) is 10.1 Å². The maximum atomic E-state index is 14.6. The van der Waals surface area contributed by atoms with E-state index in [1.54, 1.807) is 12.1 Å². The van der Waals surface area contributed by atoms with Crippen molar-refractivity contribution in [1.82, 2.24) is 4.98 Å². The van der Waals surface area contributed by atoms with E-state index in [-0.39, 0.29) is 25.5 Å². The molecule has 1 aliphatic heterocycles. The minimum absolute atomic E-state index is 0.00934. The van der Waals surface area contributed by atoms with Crippen LogP contribution in [0.2, 0.25) is 5.02 Å². The summed E-state index contributed by atoms with van der Waals surface area (Å²) in [5, 5.41) is 16.9. The molecule has 0 spiro atoms. The molecular weight excluding hydrogens is 475 g/mol. The lowest BCUT2D eigenvalue weighted by Crippen LogP contribution is -2.47. The van der Waals surface area contributed by atoms with Gasteiger partial charge in [-0.15, -0.1) is 0 Å². The summed E-state index contributed by atoms with van der Waals surface area (Å²) in [7, 11) is 0. The van der Waals surface area contributed by atoms with Crippen LogP contribution < -0.4 is 11.1 Å². The van der Waals surface area contributed by atoms with Gasteiger partial charge in [0.2, 0.25) is 0 Å². The van der Waals surface area contributed by atoms with E-state index in [9.17, 15) is 19.8 Å². The second-order valence-electron chi connectivity index (χ2n) is 8.76. The van der Waals surface area contributed by atoms with Gasteiger partial charge in [-0.1, -0.05) is 28.8 Å². The molecule has 0 bridgehead atoms. The van der Waals surface area contributed by atoms with Crippen LogP contribution in [0, 0.1) is 11.7 Å². The SMILES string of the molecule is [N-]=[N+]=N[C@@](C=O)(CNc1cncc(F)c1CC[C@H](N)CO)[C@@H](c1ccc(Cl)cc1)C1CCOCC1. The van der Waals surface area contributed by atoms with Crippen LogP contribution in [0.1, 0.15) is 36.3 Å². The molecule has 35 heavy (non-hydrogen) atoms. The summed E-state index contributed by atoms with van der Waals surface area (Å²) in [6.07, 6.45) is 5.23. The van der Waals surface area contributed by atoms with Gasteiger partial charge in [0.05, 0.1) is 24.7 Å². The molecule has 2 aromatic rings. The van der Waals surface area contributed by atoms with Crippen molar-refractivity contribution in [3.05, 3.63) is 69.1 Å². The Morgan fingerprint density at radius 2 is 2.09 bits per heavy atom. The summed E-state index contributed by atoms with van der Waals surface area (Å²) in [4.78, 5) is 19.6. The number of ether oxygens (including phenoxy) is 1. The second kappa shape index (κ2) is 12.8. The Morgan fingerprint density at radius 3 is 2.71 bits per heavy atom. The number of anilines is 1. The summed E-state index contributed by atoms with van der Waals surface area (Å²) in [6.45, 7) is 0.789. The van der Waals surface area contributed by atoms with Crippen LogP contribution in [0.15, 0.2) is 41.8 Å². The number of rotatable bonds is 12. The first-order valence-corrected chi connectivity index (χ1v) is 11.9. The molecule has 188 valence electrons. The smallest absolute Gasteiger partial charge is 0.146 e. The highest BCUT2D eigenvalue weighted by atomic mass is 35.5. The van der Waals surface area contributed by atoms with E-state index in [2.05, 4.69) is 20.3 Å². The van der Waals surface area contributed by atoms with Crippen LogP contribution in [-0.4, -0.2) is 54.3 Å². The predicted octanol–water partition coefficient (Wildman–Crippen LogP) is 4.00. The average Bonchev–Trinajstić information content (AvgIpc) is 2.88. The van der Waals surface area contributed by atoms with E-state index in [1.165, 1.54) is 6.20 Å². The first kappa shape index (κ1) is 26.8. The lowest BCUT2D eigenvalue weighted by Gasteiger charge is -2.40. The van der Waals surface area contributed by atoms with E-state index in [4.69, 9.17) is 22.1 Å². The molecule has 4 N–H and O–H groups in total. The van der Waals surface area contributed by atoms with E-state index in [0.29, 0.717) is 55.0 Å². The maximum absolute atomic E-state index is 14.6. The van der Waals surface area contributed by atoms with Crippen molar-refractivity contribution in [1.29, 1.82) is 0 Å². The number of nitrogens with one attached hydrogen (secondary N) is 1. The number of pyridine rings is 1. The Bertz CT molecular complexity index is 1030.